The number of nitro benzene ring substituents is 1. The van der Waals surface area contributed by atoms with Crippen LogP contribution in [-0.4, -0.2) is 22.2 Å². The van der Waals surface area contributed by atoms with Crippen LogP contribution in [0.4, 0.5) is 5.69 Å². The third-order valence-corrected chi connectivity index (χ3v) is 3.19. The average Bonchev–Trinajstić information content (AvgIpc) is 2.50. The van der Waals surface area contributed by atoms with E-state index in [1.54, 1.807) is 12.1 Å². The molecule has 0 aliphatic carbocycles. The van der Waals surface area contributed by atoms with Crippen molar-refractivity contribution in [3.8, 4) is 5.75 Å². The van der Waals surface area contributed by atoms with Crippen molar-refractivity contribution in [2.45, 2.75) is 0 Å². The maximum Gasteiger partial charge on any atom is 0.271 e. The van der Waals surface area contributed by atoms with E-state index in [0.717, 1.165) is 4.47 Å². The van der Waals surface area contributed by atoms with Crippen LogP contribution in [0.5, 0.6) is 5.75 Å². The van der Waals surface area contributed by atoms with Crippen molar-refractivity contribution in [1.29, 1.82) is 0 Å². The van der Waals surface area contributed by atoms with E-state index in [1.807, 2.05) is 0 Å². The molecule has 1 amide bonds. The molecule has 0 aliphatic heterocycles. The minimum absolute atomic E-state index is 0.0246. The van der Waals surface area contributed by atoms with Gasteiger partial charge in [0.05, 0.1) is 11.1 Å². The molecule has 0 bridgehead atoms. The van der Waals surface area contributed by atoms with Crippen molar-refractivity contribution in [3.05, 3.63) is 68.2 Å². The molecule has 8 heteroatoms. The Hall–Kier alpha value is -2.74. The summed E-state index contributed by atoms with van der Waals surface area (Å²) in [6.07, 6.45) is 1.30. The zero-order valence-corrected chi connectivity index (χ0v) is 12.6. The monoisotopic (exact) mass is 363 g/mol. The number of aromatic hydroxyl groups is 1. The highest BCUT2D eigenvalue weighted by atomic mass is 79.9. The lowest BCUT2D eigenvalue weighted by Crippen LogP contribution is -2.17. The summed E-state index contributed by atoms with van der Waals surface area (Å²) < 4.78 is 0.758. The molecule has 2 aromatic carbocycles. The molecule has 0 spiro atoms. The smallest absolute Gasteiger partial charge is 0.271 e. The predicted molar refractivity (Wildman–Crippen MR) is 84.0 cm³/mol. The second-order valence-electron chi connectivity index (χ2n) is 4.21. The van der Waals surface area contributed by atoms with Crippen LogP contribution in [0.1, 0.15) is 15.9 Å². The number of rotatable bonds is 4. The van der Waals surface area contributed by atoms with Gasteiger partial charge in [0, 0.05) is 27.7 Å². The highest BCUT2D eigenvalue weighted by Gasteiger charge is 2.08. The van der Waals surface area contributed by atoms with Crippen molar-refractivity contribution in [3.63, 3.8) is 0 Å². The van der Waals surface area contributed by atoms with Crippen LogP contribution in [-0.2, 0) is 0 Å². The molecule has 2 aromatic rings. The Bertz CT molecular complexity index is 744. The van der Waals surface area contributed by atoms with Crippen LogP contribution in [0.25, 0.3) is 0 Å². The molecule has 0 heterocycles. The van der Waals surface area contributed by atoms with Gasteiger partial charge in [-0.2, -0.15) is 5.10 Å². The van der Waals surface area contributed by atoms with E-state index >= 15 is 0 Å². The zero-order valence-electron chi connectivity index (χ0n) is 11.1. The normalized spacial score (nSPS) is 10.6. The number of amides is 1. The van der Waals surface area contributed by atoms with Crippen LogP contribution in [0, 0.1) is 10.1 Å². The molecule has 2 rings (SSSR count). The van der Waals surface area contributed by atoms with Gasteiger partial charge >= 0.3 is 0 Å². The number of hydrogen-bond donors (Lipinski definition) is 2. The highest BCUT2D eigenvalue weighted by molar-refractivity contribution is 9.10. The number of nitrogens with zero attached hydrogens (tertiary/aromatic N) is 2. The summed E-state index contributed by atoms with van der Waals surface area (Å²) in [4.78, 5) is 21.8. The molecule has 0 unspecified atom stereocenters. The zero-order chi connectivity index (χ0) is 16.1. The fourth-order valence-electron chi connectivity index (χ4n) is 1.59. The van der Waals surface area contributed by atoms with Gasteiger partial charge in [0.25, 0.3) is 11.6 Å². The maximum absolute atomic E-state index is 11.8. The van der Waals surface area contributed by atoms with Crippen LogP contribution < -0.4 is 5.43 Å². The van der Waals surface area contributed by atoms with Gasteiger partial charge in [-0.25, -0.2) is 5.43 Å². The Balaban J connectivity index is 2.04. The standard InChI is InChI=1S/C14H10BrN3O4/c15-11-3-6-13(19)10(7-11)8-16-17-14(20)9-1-4-12(5-2-9)18(21)22/h1-8,19H,(H,17,20)/b16-8-. The van der Waals surface area contributed by atoms with E-state index in [9.17, 15) is 20.0 Å². The molecule has 7 nitrogen and oxygen atoms in total. The first kappa shape index (κ1) is 15.6. The predicted octanol–water partition coefficient (Wildman–Crippen LogP) is 2.83. The lowest BCUT2D eigenvalue weighted by molar-refractivity contribution is -0.384. The van der Waals surface area contributed by atoms with Gasteiger partial charge < -0.3 is 5.11 Å². The molecule has 0 aromatic heterocycles. The van der Waals surface area contributed by atoms with E-state index in [2.05, 4.69) is 26.5 Å². The summed E-state index contributed by atoms with van der Waals surface area (Å²) in [6.45, 7) is 0. The molecule has 0 fully saturated rings. The summed E-state index contributed by atoms with van der Waals surface area (Å²) in [7, 11) is 0. The Labute approximate surface area is 133 Å². The Kier molecular flexibility index (Phi) is 4.84. The van der Waals surface area contributed by atoms with Crippen LogP contribution in [0.15, 0.2) is 52.0 Å². The van der Waals surface area contributed by atoms with Crippen LogP contribution in [0.3, 0.4) is 0 Å². The average molecular weight is 364 g/mol. The number of carbonyl (C=O) groups excluding carboxylic acids is 1. The van der Waals surface area contributed by atoms with Gasteiger partial charge in [-0.15, -0.1) is 0 Å². The lowest BCUT2D eigenvalue weighted by atomic mass is 10.2. The number of phenols is 1. The molecule has 2 N–H and O–H groups in total. The number of non-ortho nitro benzene ring substituents is 1. The van der Waals surface area contributed by atoms with Gasteiger partial charge in [0.1, 0.15) is 5.75 Å². The minimum atomic E-state index is -0.546. The molecular formula is C14H10BrN3O4. The number of hydrazone groups is 1. The van der Waals surface area contributed by atoms with Crippen molar-refractivity contribution in [2.24, 2.45) is 5.10 Å². The molecule has 0 saturated carbocycles. The van der Waals surface area contributed by atoms with Crippen molar-refractivity contribution < 1.29 is 14.8 Å². The second kappa shape index (κ2) is 6.81. The molecule has 0 saturated heterocycles. The van der Waals surface area contributed by atoms with E-state index in [0.29, 0.717) is 5.56 Å². The number of nitrogens with one attached hydrogen (secondary N) is 1. The molecule has 0 aliphatic rings. The molecule has 0 radical (unpaired) electrons. The van der Waals surface area contributed by atoms with Crippen LogP contribution in [0.2, 0.25) is 0 Å². The largest absolute Gasteiger partial charge is 0.507 e. The van der Waals surface area contributed by atoms with Gasteiger partial charge in [0.15, 0.2) is 0 Å². The Morgan fingerprint density at radius 3 is 2.59 bits per heavy atom. The minimum Gasteiger partial charge on any atom is -0.507 e. The van der Waals surface area contributed by atoms with E-state index in [4.69, 9.17) is 0 Å². The van der Waals surface area contributed by atoms with E-state index in [-0.39, 0.29) is 17.0 Å². The Morgan fingerprint density at radius 2 is 1.95 bits per heavy atom. The lowest BCUT2D eigenvalue weighted by Gasteiger charge is -2.01. The summed E-state index contributed by atoms with van der Waals surface area (Å²) in [5.41, 5.74) is 2.85. The number of hydrogen-bond acceptors (Lipinski definition) is 5. The number of benzene rings is 2. The fraction of sp³-hybridized carbons (Fsp3) is 0. The molecule has 0 atom stereocenters. The van der Waals surface area contributed by atoms with Crippen molar-refractivity contribution in [1.82, 2.24) is 5.43 Å². The number of halogens is 1. The number of carbonyl (C=O) groups is 1. The number of phenolic OH excluding ortho intramolecular Hbond substituents is 1. The molecule has 112 valence electrons. The van der Waals surface area contributed by atoms with E-state index < -0.39 is 10.8 Å². The van der Waals surface area contributed by atoms with Gasteiger partial charge in [-0.3, -0.25) is 14.9 Å². The van der Waals surface area contributed by atoms with Crippen LogP contribution >= 0.6 is 15.9 Å². The fourth-order valence-corrected chi connectivity index (χ4v) is 1.97. The first-order chi connectivity index (χ1) is 10.5. The van der Waals surface area contributed by atoms with Gasteiger partial charge in [0.2, 0.25) is 0 Å². The second-order valence-corrected chi connectivity index (χ2v) is 5.12. The van der Waals surface area contributed by atoms with Gasteiger partial charge in [-0.1, -0.05) is 15.9 Å². The summed E-state index contributed by atoms with van der Waals surface area (Å²) >= 11 is 3.26. The van der Waals surface area contributed by atoms with Gasteiger partial charge in [-0.05, 0) is 30.3 Å². The highest BCUT2D eigenvalue weighted by Crippen LogP contribution is 2.20. The Morgan fingerprint density at radius 1 is 1.27 bits per heavy atom. The summed E-state index contributed by atoms with van der Waals surface area (Å²) in [5.74, 6) is -0.489. The first-order valence-corrected chi connectivity index (χ1v) is 6.83. The third-order valence-electron chi connectivity index (χ3n) is 2.70. The SMILES string of the molecule is O=C(N/N=C\c1cc(Br)ccc1O)c1ccc([N+](=O)[O-])cc1. The number of nitro groups is 1. The maximum atomic E-state index is 11.8. The third kappa shape index (κ3) is 3.89. The first-order valence-electron chi connectivity index (χ1n) is 6.04. The molecule has 22 heavy (non-hydrogen) atoms. The van der Waals surface area contributed by atoms with Crippen molar-refractivity contribution in [2.75, 3.05) is 0 Å². The summed E-state index contributed by atoms with van der Waals surface area (Å²) in [6, 6.07) is 9.93. The molecular weight excluding hydrogens is 354 g/mol. The topological polar surface area (TPSA) is 105 Å². The quantitative estimate of drug-likeness (QED) is 0.494. The van der Waals surface area contributed by atoms with Crippen molar-refractivity contribution >= 4 is 33.7 Å². The van der Waals surface area contributed by atoms with E-state index in [1.165, 1.54) is 36.5 Å². The summed E-state index contributed by atoms with van der Waals surface area (Å²) in [5, 5.41) is 23.9.